The van der Waals surface area contributed by atoms with Crippen LogP contribution in [0.5, 0.6) is 6.01 Å². The summed E-state index contributed by atoms with van der Waals surface area (Å²) >= 11 is 0. The summed E-state index contributed by atoms with van der Waals surface area (Å²) in [5.74, 6) is 0.750. The van der Waals surface area contributed by atoms with Crippen molar-refractivity contribution in [2.75, 3.05) is 63.3 Å². The molecule has 3 aliphatic rings. The standard InChI is InChI=1S/C26H34FN7O3/c1-16-9-17(12-28)22(10-20(16)19-3-6-33(13-21(19)27)18-4-8-37-15-18)30-23-11-24(32-26(31-23)36-2)34-7-5-29-25(35)14-34/h9-12,18-19,21,28H,3-8,13-15H2,1-2H3,(H,29,35)(H,30,31,32). The van der Waals surface area contributed by atoms with Crippen LogP contribution in [0.15, 0.2) is 18.2 Å². The summed E-state index contributed by atoms with van der Waals surface area (Å²) < 4.78 is 26.3. The summed E-state index contributed by atoms with van der Waals surface area (Å²) in [5, 5.41) is 14.1. The largest absolute Gasteiger partial charge is 0.467 e. The van der Waals surface area contributed by atoms with E-state index in [0.29, 0.717) is 55.2 Å². The van der Waals surface area contributed by atoms with Gasteiger partial charge in [-0.2, -0.15) is 9.97 Å². The van der Waals surface area contributed by atoms with E-state index in [-0.39, 0.29) is 24.4 Å². The molecule has 1 aromatic carbocycles. The van der Waals surface area contributed by atoms with Crippen molar-refractivity contribution in [1.82, 2.24) is 20.2 Å². The van der Waals surface area contributed by atoms with E-state index in [4.69, 9.17) is 14.9 Å². The molecule has 3 saturated heterocycles. The van der Waals surface area contributed by atoms with Crippen LogP contribution < -0.4 is 20.3 Å². The van der Waals surface area contributed by atoms with Gasteiger partial charge in [-0.25, -0.2) is 4.39 Å². The molecule has 0 aliphatic carbocycles. The van der Waals surface area contributed by atoms with E-state index >= 15 is 4.39 Å². The summed E-state index contributed by atoms with van der Waals surface area (Å²) in [4.78, 5) is 24.8. The Labute approximate surface area is 216 Å². The van der Waals surface area contributed by atoms with E-state index in [1.807, 2.05) is 24.0 Å². The predicted molar refractivity (Wildman–Crippen MR) is 139 cm³/mol. The Morgan fingerprint density at radius 3 is 2.84 bits per heavy atom. The highest BCUT2D eigenvalue weighted by atomic mass is 19.1. The first-order valence-electron chi connectivity index (χ1n) is 12.8. The number of piperazine rings is 1. The molecule has 0 saturated carbocycles. The average molecular weight is 512 g/mol. The highest BCUT2D eigenvalue weighted by Crippen LogP contribution is 2.37. The van der Waals surface area contributed by atoms with Crippen molar-refractivity contribution in [3.05, 3.63) is 34.9 Å². The lowest BCUT2D eigenvalue weighted by Gasteiger charge is -2.38. The molecule has 3 aliphatic heterocycles. The van der Waals surface area contributed by atoms with Crippen LogP contribution in [0.3, 0.4) is 0 Å². The maximum Gasteiger partial charge on any atom is 0.320 e. The number of aromatic nitrogens is 2. The van der Waals surface area contributed by atoms with Crippen LogP contribution in [-0.2, 0) is 9.53 Å². The molecule has 4 heterocycles. The molecule has 3 N–H and O–H groups in total. The SMILES string of the molecule is COc1nc(Nc2cc(C3CCN(C4CCOC4)CC3F)c(C)cc2C=N)cc(N2CCNC(=O)C2)n1. The van der Waals surface area contributed by atoms with Crippen molar-refractivity contribution in [3.63, 3.8) is 0 Å². The van der Waals surface area contributed by atoms with E-state index in [2.05, 4.69) is 25.5 Å². The minimum atomic E-state index is -0.984. The number of carbonyl (C=O) groups is 1. The summed E-state index contributed by atoms with van der Waals surface area (Å²) in [6.45, 7) is 6.01. The van der Waals surface area contributed by atoms with Crippen LogP contribution in [0.4, 0.5) is 21.7 Å². The van der Waals surface area contributed by atoms with Gasteiger partial charge in [0.05, 0.1) is 20.3 Å². The van der Waals surface area contributed by atoms with Gasteiger partial charge < -0.3 is 30.4 Å². The van der Waals surface area contributed by atoms with Gasteiger partial charge in [0.2, 0.25) is 5.91 Å². The number of ether oxygens (including phenoxy) is 2. The number of hydrogen-bond acceptors (Lipinski definition) is 9. The number of anilines is 3. The van der Waals surface area contributed by atoms with Gasteiger partial charge in [-0.05, 0) is 49.6 Å². The fourth-order valence-corrected chi connectivity index (χ4v) is 5.50. The Balaban J connectivity index is 1.40. The molecular weight excluding hydrogens is 477 g/mol. The number of aryl methyl sites for hydroxylation is 1. The first kappa shape index (κ1) is 25.3. The van der Waals surface area contributed by atoms with E-state index in [1.165, 1.54) is 13.3 Å². The molecule has 37 heavy (non-hydrogen) atoms. The van der Waals surface area contributed by atoms with E-state index in [0.717, 1.165) is 37.1 Å². The van der Waals surface area contributed by atoms with Gasteiger partial charge in [-0.1, -0.05) is 0 Å². The van der Waals surface area contributed by atoms with Gasteiger partial charge in [0, 0.05) is 61.7 Å². The topological polar surface area (TPSA) is 116 Å². The average Bonchev–Trinajstić information content (AvgIpc) is 3.44. The number of likely N-dealkylation sites (tertiary alicyclic amines) is 1. The number of rotatable bonds is 7. The Morgan fingerprint density at radius 1 is 1.27 bits per heavy atom. The third kappa shape index (κ3) is 5.52. The quantitative estimate of drug-likeness (QED) is 0.486. The second-order valence-electron chi connectivity index (χ2n) is 9.86. The third-order valence-electron chi connectivity index (χ3n) is 7.49. The number of piperidine rings is 1. The number of nitrogens with one attached hydrogen (secondary N) is 3. The fourth-order valence-electron chi connectivity index (χ4n) is 5.50. The zero-order chi connectivity index (χ0) is 25.9. The lowest BCUT2D eigenvalue weighted by atomic mass is 9.84. The van der Waals surface area contributed by atoms with Gasteiger partial charge in [0.1, 0.15) is 17.8 Å². The molecule has 11 heteroatoms. The summed E-state index contributed by atoms with van der Waals surface area (Å²) in [5.41, 5.74) is 3.25. The van der Waals surface area contributed by atoms with Crippen molar-refractivity contribution in [1.29, 1.82) is 5.41 Å². The Morgan fingerprint density at radius 2 is 2.14 bits per heavy atom. The summed E-state index contributed by atoms with van der Waals surface area (Å²) in [7, 11) is 1.49. The molecule has 1 amide bonds. The van der Waals surface area contributed by atoms with Crippen LogP contribution in [-0.4, -0.2) is 92.3 Å². The van der Waals surface area contributed by atoms with Crippen LogP contribution in [0.1, 0.15) is 35.4 Å². The second kappa shape index (κ2) is 11.0. The fraction of sp³-hybridized carbons (Fsp3) is 0.538. The van der Waals surface area contributed by atoms with E-state index < -0.39 is 6.17 Å². The zero-order valence-electron chi connectivity index (χ0n) is 21.3. The molecule has 3 unspecified atom stereocenters. The molecule has 198 valence electrons. The van der Waals surface area contributed by atoms with Crippen LogP contribution >= 0.6 is 0 Å². The normalized spacial score (nSPS) is 24.6. The lowest BCUT2D eigenvalue weighted by molar-refractivity contribution is -0.120. The molecule has 0 spiro atoms. The highest BCUT2D eigenvalue weighted by molar-refractivity contribution is 5.88. The van der Waals surface area contributed by atoms with Crippen molar-refractivity contribution in [3.8, 4) is 6.01 Å². The van der Waals surface area contributed by atoms with Crippen molar-refractivity contribution >= 4 is 29.4 Å². The monoisotopic (exact) mass is 511 g/mol. The van der Waals surface area contributed by atoms with Gasteiger partial charge >= 0.3 is 6.01 Å². The molecule has 2 aromatic rings. The number of amides is 1. The first-order valence-corrected chi connectivity index (χ1v) is 12.8. The molecular formula is C26H34FN7O3. The molecule has 5 rings (SSSR count). The Bertz CT molecular complexity index is 1160. The predicted octanol–water partition coefficient (Wildman–Crippen LogP) is 2.39. The van der Waals surface area contributed by atoms with Crippen LogP contribution in [0.2, 0.25) is 0 Å². The molecule has 0 bridgehead atoms. The number of methoxy groups -OCH3 is 1. The van der Waals surface area contributed by atoms with Gasteiger partial charge in [-0.15, -0.1) is 0 Å². The number of hydrogen-bond donors (Lipinski definition) is 3. The van der Waals surface area contributed by atoms with Crippen molar-refractivity contribution in [2.45, 2.75) is 37.9 Å². The molecule has 3 atom stereocenters. The van der Waals surface area contributed by atoms with Gasteiger partial charge in [-0.3, -0.25) is 9.69 Å². The second-order valence-corrected chi connectivity index (χ2v) is 9.86. The van der Waals surface area contributed by atoms with Crippen LogP contribution in [0, 0.1) is 12.3 Å². The molecule has 1 aromatic heterocycles. The smallest absolute Gasteiger partial charge is 0.320 e. The summed E-state index contributed by atoms with van der Waals surface area (Å²) in [6.07, 6.45) is 1.99. The minimum absolute atomic E-state index is 0.0695. The molecule has 10 nitrogen and oxygen atoms in total. The number of carbonyl (C=O) groups excluding carboxylic acids is 1. The van der Waals surface area contributed by atoms with E-state index in [1.54, 1.807) is 6.07 Å². The number of halogens is 1. The summed E-state index contributed by atoms with van der Waals surface area (Å²) in [6, 6.07) is 6.11. The highest BCUT2D eigenvalue weighted by Gasteiger charge is 2.35. The molecule has 3 fully saturated rings. The van der Waals surface area contributed by atoms with Crippen molar-refractivity contribution < 1.29 is 18.7 Å². The van der Waals surface area contributed by atoms with Gasteiger partial charge in [0.25, 0.3) is 0 Å². The number of alkyl halides is 1. The first-order chi connectivity index (χ1) is 17.9. The number of nitrogens with zero attached hydrogens (tertiary/aromatic N) is 4. The van der Waals surface area contributed by atoms with Crippen LogP contribution in [0.25, 0.3) is 0 Å². The Kier molecular flexibility index (Phi) is 7.52. The minimum Gasteiger partial charge on any atom is -0.467 e. The maximum atomic E-state index is 15.5. The zero-order valence-corrected chi connectivity index (χ0v) is 21.3. The van der Waals surface area contributed by atoms with Crippen molar-refractivity contribution in [2.24, 2.45) is 0 Å². The maximum absolute atomic E-state index is 15.5. The van der Waals surface area contributed by atoms with E-state index in [9.17, 15) is 4.79 Å². The Hall–Kier alpha value is -3.31. The number of benzene rings is 1. The third-order valence-corrected chi connectivity index (χ3v) is 7.49. The van der Waals surface area contributed by atoms with Gasteiger partial charge in [0.15, 0.2) is 0 Å². The lowest BCUT2D eigenvalue weighted by Crippen LogP contribution is -2.48. The molecule has 0 radical (unpaired) electrons.